The summed E-state index contributed by atoms with van der Waals surface area (Å²) in [5.74, 6) is -2.25. The van der Waals surface area contributed by atoms with Gasteiger partial charge in [0.2, 0.25) is 5.82 Å². The van der Waals surface area contributed by atoms with Crippen LogP contribution in [0.25, 0.3) is 11.2 Å². The zero-order valence-electron chi connectivity index (χ0n) is 14.0. The van der Waals surface area contributed by atoms with Crippen LogP contribution in [0.5, 0.6) is 0 Å². The molecule has 2 aromatic rings. The van der Waals surface area contributed by atoms with E-state index in [0.717, 1.165) is 0 Å². The molecule has 0 aliphatic carbocycles. The zero-order valence-corrected chi connectivity index (χ0v) is 18.3. The minimum atomic E-state index is -1.47. The molecule has 1 fully saturated rings. The number of hydrogen-bond donors (Lipinski definition) is 5. The number of amides is 1. The summed E-state index contributed by atoms with van der Waals surface area (Å²) in [4.78, 5) is 34.8. The molecule has 0 saturated carbocycles. The number of likely N-dealkylation sites (N-methyl/N-ethyl adjacent to an activating group) is 1. The standard InChI is InChI=1S/C13H16N6O6.I2/c1-14-8-4-10(18-9(17-8)13(23)24)19(3-16-4)12-6(21)5(20)7(25-12)11(22)15-2;1-2/h3,5-7,12,20-21H,1-2H3,(H,15,22)(H,23,24)(H,14,17,18);/t5?,6?,7-,12?;/m0./s1. The number of aromatic carboxylic acids is 1. The Morgan fingerprint density at radius 3 is 2.44 bits per heavy atom. The molecule has 0 spiro atoms. The first-order chi connectivity index (χ1) is 12.9. The van der Waals surface area contributed by atoms with Crippen molar-refractivity contribution in [1.82, 2.24) is 24.8 Å². The van der Waals surface area contributed by atoms with E-state index in [2.05, 4.69) is 62.8 Å². The molecule has 1 aliphatic rings. The molecule has 0 aromatic carbocycles. The molecular weight excluding hydrogens is 590 g/mol. The normalized spacial score (nSPS) is 24.2. The highest BCUT2D eigenvalue weighted by atomic mass is 128. The molecule has 14 heteroatoms. The van der Waals surface area contributed by atoms with Crippen molar-refractivity contribution in [3.05, 3.63) is 12.2 Å². The monoisotopic (exact) mass is 606 g/mol. The van der Waals surface area contributed by atoms with Gasteiger partial charge in [0.1, 0.15) is 12.2 Å². The Kier molecular flexibility index (Phi) is 7.48. The van der Waals surface area contributed by atoms with Crippen molar-refractivity contribution in [3.63, 3.8) is 0 Å². The number of carbonyl (C=O) groups excluding carboxylic acids is 1. The molecular formula is C13H16I2N6O6. The lowest BCUT2D eigenvalue weighted by atomic mass is 10.1. The Hall–Kier alpha value is -1.37. The van der Waals surface area contributed by atoms with E-state index in [1.54, 1.807) is 7.05 Å². The van der Waals surface area contributed by atoms with E-state index in [1.807, 2.05) is 0 Å². The van der Waals surface area contributed by atoms with Crippen LogP contribution in [-0.4, -0.2) is 79.1 Å². The molecule has 27 heavy (non-hydrogen) atoms. The molecule has 148 valence electrons. The van der Waals surface area contributed by atoms with Gasteiger partial charge in [-0.05, 0) is 0 Å². The maximum absolute atomic E-state index is 11.7. The summed E-state index contributed by atoms with van der Waals surface area (Å²) in [5.41, 5.74) is 0.326. The van der Waals surface area contributed by atoms with Crippen molar-refractivity contribution >= 4 is 66.1 Å². The summed E-state index contributed by atoms with van der Waals surface area (Å²) in [7, 11) is 2.91. The van der Waals surface area contributed by atoms with Gasteiger partial charge >= 0.3 is 5.97 Å². The Morgan fingerprint density at radius 1 is 1.22 bits per heavy atom. The number of aliphatic hydroxyl groups is 2. The van der Waals surface area contributed by atoms with Crippen LogP contribution in [0.4, 0.5) is 5.82 Å². The van der Waals surface area contributed by atoms with Crippen LogP contribution < -0.4 is 10.6 Å². The van der Waals surface area contributed by atoms with Crippen LogP contribution in [0.2, 0.25) is 0 Å². The van der Waals surface area contributed by atoms with Gasteiger partial charge in [-0.25, -0.2) is 19.7 Å². The Balaban J connectivity index is 0.00000126. The number of fused-ring (bicyclic) bond motifs is 1. The van der Waals surface area contributed by atoms with E-state index >= 15 is 0 Å². The SMILES string of the molecule is CNC(=O)[C@H]1OC(n2cnc3c(NC)nc(C(=O)O)nc32)C(O)C1O.II. The van der Waals surface area contributed by atoms with Crippen LogP contribution in [0.3, 0.4) is 0 Å². The third kappa shape index (κ3) is 4.08. The summed E-state index contributed by atoms with van der Waals surface area (Å²) in [6, 6.07) is 0. The molecule has 12 nitrogen and oxygen atoms in total. The lowest BCUT2D eigenvalue weighted by Gasteiger charge is -2.16. The number of anilines is 1. The Labute approximate surface area is 176 Å². The number of nitrogens with one attached hydrogen (secondary N) is 2. The Morgan fingerprint density at radius 2 is 1.89 bits per heavy atom. The smallest absolute Gasteiger partial charge is 0.374 e. The predicted octanol–water partition coefficient (Wildman–Crippen LogP) is -0.297. The molecule has 0 radical (unpaired) electrons. The fourth-order valence-corrected chi connectivity index (χ4v) is 2.62. The molecule has 1 saturated heterocycles. The van der Waals surface area contributed by atoms with Gasteiger partial charge in [-0.3, -0.25) is 9.36 Å². The number of imidazole rings is 1. The second kappa shape index (κ2) is 9.22. The van der Waals surface area contributed by atoms with Gasteiger partial charge in [0, 0.05) is 51.3 Å². The molecule has 3 unspecified atom stereocenters. The maximum atomic E-state index is 11.7. The Bertz CT molecular complexity index is 848. The first-order valence-electron chi connectivity index (χ1n) is 7.42. The number of rotatable bonds is 4. The molecule has 5 N–H and O–H groups in total. The molecule has 3 heterocycles. The molecule has 1 aliphatic heterocycles. The van der Waals surface area contributed by atoms with Gasteiger partial charge in [-0.1, -0.05) is 0 Å². The van der Waals surface area contributed by atoms with Crippen molar-refractivity contribution in [3.8, 4) is 0 Å². The molecule has 4 atom stereocenters. The van der Waals surface area contributed by atoms with Crippen LogP contribution in [0.1, 0.15) is 16.8 Å². The number of carbonyl (C=O) groups is 2. The van der Waals surface area contributed by atoms with Gasteiger partial charge in [0.15, 0.2) is 29.3 Å². The number of halogens is 2. The quantitative estimate of drug-likeness (QED) is 0.291. The van der Waals surface area contributed by atoms with Crippen LogP contribution in [0, 0.1) is 0 Å². The van der Waals surface area contributed by atoms with Gasteiger partial charge in [0.25, 0.3) is 5.91 Å². The van der Waals surface area contributed by atoms with Gasteiger partial charge in [0.05, 0.1) is 6.33 Å². The lowest BCUT2D eigenvalue weighted by Crippen LogP contribution is -2.41. The van der Waals surface area contributed by atoms with E-state index in [0.29, 0.717) is 0 Å². The third-order valence-corrected chi connectivity index (χ3v) is 3.87. The van der Waals surface area contributed by atoms with Crippen LogP contribution in [0.15, 0.2) is 6.33 Å². The number of aliphatic hydroxyl groups excluding tert-OH is 2. The number of carboxylic acids is 1. The van der Waals surface area contributed by atoms with E-state index in [-0.39, 0.29) is 17.0 Å². The highest BCUT2D eigenvalue weighted by molar-refractivity contribution is 15.0. The van der Waals surface area contributed by atoms with Crippen LogP contribution in [-0.2, 0) is 9.53 Å². The summed E-state index contributed by atoms with van der Waals surface area (Å²) in [5, 5.41) is 34.5. The second-order valence-electron chi connectivity index (χ2n) is 5.32. The minimum Gasteiger partial charge on any atom is -0.475 e. The molecule has 2 aromatic heterocycles. The van der Waals surface area contributed by atoms with E-state index in [1.165, 1.54) is 17.9 Å². The van der Waals surface area contributed by atoms with Crippen molar-refractivity contribution in [1.29, 1.82) is 0 Å². The minimum absolute atomic E-state index is 0.0746. The number of hydrogen-bond acceptors (Lipinski definition) is 9. The van der Waals surface area contributed by atoms with E-state index in [4.69, 9.17) is 9.84 Å². The first kappa shape index (κ1) is 21.9. The fourth-order valence-electron chi connectivity index (χ4n) is 2.62. The van der Waals surface area contributed by atoms with E-state index < -0.39 is 42.2 Å². The topological polar surface area (TPSA) is 172 Å². The summed E-state index contributed by atoms with van der Waals surface area (Å²) in [6.45, 7) is 0. The molecule has 0 bridgehead atoms. The van der Waals surface area contributed by atoms with Crippen molar-refractivity contribution in [2.24, 2.45) is 0 Å². The summed E-state index contributed by atoms with van der Waals surface area (Å²) in [6.07, 6.45) is -4.11. The third-order valence-electron chi connectivity index (χ3n) is 3.87. The number of ether oxygens (including phenoxy) is 1. The van der Waals surface area contributed by atoms with Crippen molar-refractivity contribution in [2.45, 2.75) is 24.5 Å². The van der Waals surface area contributed by atoms with E-state index in [9.17, 15) is 19.8 Å². The van der Waals surface area contributed by atoms with Crippen LogP contribution >= 0.6 is 37.2 Å². The fraction of sp³-hybridized carbons (Fsp3) is 0.462. The highest BCUT2D eigenvalue weighted by Gasteiger charge is 2.47. The largest absolute Gasteiger partial charge is 0.475 e. The lowest BCUT2D eigenvalue weighted by molar-refractivity contribution is -0.137. The summed E-state index contributed by atoms with van der Waals surface area (Å²) >= 11 is 4.24. The number of carboxylic acid groups (broad SMARTS) is 1. The second-order valence-corrected chi connectivity index (χ2v) is 5.32. The average Bonchev–Trinajstić information content (AvgIpc) is 3.23. The maximum Gasteiger partial charge on any atom is 0.374 e. The summed E-state index contributed by atoms with van der Waals surface area (Å²) < 4.78 is 6.70. The average molecular weight is 606 g/mol. The number of aromatic nitrogens is 4. The predicted molar refractivity (Wildman–Crippen MR) is 110 cm³/mol. The van der Waals surface area contributed by atoms with Gasteiger partial charge < -0.3 is 30.7 Å². The van der Waals surface area contributed by atoms with Gasteiger partial charge in [-0.2, -0.15) is 0 Å². The molecule has 1 amide bonds. The molecule has 3 rings (SSSR count). The van der Waals surface area contributed by atoms with Crippen molar-refractivity contribution < 1.29 is 29.6 Å². The van der Waals surface area contributed by atoms with Gasteiger partial charge in [-0.15, -0.1) is 0 Å². The zero-order chi connectivity index (χ0) is 20.3. The highest BCUT2D eigenvalue weighted by Crippen LogP contribution is 2.32. The van der Waals surface area contributed by atoms with Crippen molar-refractivity contribution in [2.75, 3.05) is 19.4 Å². The first-order valence-corrected chi connectivity index (χ1v) is 13.7. The number of nitrogens with zero attached hydrogens (tertiary/aromatic N) is 4.